The van der Waals surface area contributed by atoms with Crippen LogP contribution in [-0.4, -0.2) is 7.11 Å². The third kappa shape index (κ3) is 2.27. The van der Waals surface area contributed by atoms with Crippen LogP contribution in [0.4, 0.5) is 0 Å². The first-order valence-corrected chi connectivity index (χ1v) is 8.62. The molecule has 1 aromatic rings. The normalized spacial score (nSPS) is 38.5. The third-order valence-electron chi connectivity index (χ3n) is 6.27. The second-order valence-electron chi connectivity index (χ2n) is 7.42. The summed E-state index contributed by atoms with van der Waals surface area (Å²) in [6.07, 6.45) is 7.07. The predicted octanol–water partition coefficient (Wildman–Crippen LogP) is 4.42. The zero-order chi connectivity index (χ0) is 14.6. The van der Waals surface area contributed by atoms with Crippen LogP contribution in [0.25, 0.3) is 0 Å². The summed E-state index contributed by atoms with van der Waals surface area (Å²) in [6.45, 7) is 0. The first-order valence-electron chi connectivity index (χ1n) is 8.24. The van der Waals surface area contributed by atoms with Gasteiger partial charge in [-0.05, 0) is 79.9 Å². The van der Waals surface area contributed by atoms with Crippen molar-refractivity contribution in [2.45, 2.75) is 38.1 Å². The topological polar surface area (TPSA) is 35.2 Å². The fraction of sp³-hybridized carbons (Fsp3) is 0.667. The van der Waals surface area contributed by atoms with E-state index in [1.807, 2.05) is 18.2 Å². The Hall–Kier alpha value is -0.730. The molecule has 0 heterocycles. The molecule has 4 fully saturated rings. The van der Waals surface area contributed by atoms with Gasteiger partial charge >= 0.3 is 0 Å². The molecule has 0 radical (unpaired) electrons. The molecule has 0 amide bonds. The molecule has 5 rings (SSSR count). The van der Waals surface area contributed by atoms with Crippen LogP contribution >= 0.6 is 11.6 Å². The minimum Gasteiger partial charge on any atom is -0.496 e. The van der Waals surface area contributed by atoms with Crippen LogP contribution < -0.4 is 10.5 Å². The van der Waals surface area contributed by atoms with Gasteiger partial charge in [-0.1, -0.05) is 11.6 Å². The lowest BCUT2D eigenvalue weighted by molar-refractivity contribution is -0.0473. The van der Waals surface area contributed by atoms with Crippen molar-refractivity contribution < 1.29 is 4.74 Å². The number of ether oxygens (including phenoxy) is 1. The SMILES string of the molecule is COc1ccc(Cl)cc1C(N)C1C2CC3CC(C2)CC1C3. The molecular formula is C18H24ClNO. The zero-order valence-corrected chi connectivity index (χ0v) is 13.4. The molecule has 114 valence electrons. The van der Waals surface area contributed by atoms with Crippen molar-refractivity contribution in [3.8, 4) is 5.75 Å². The maximum Gasteiger partial charge on any atom is 0.123 e. The van der Waals surface area contributed by atoms with Gasteiger partial charge in [-0.25, -0.2) is 0 Å². The van der Waals surface area contributed by atoms with Crippen LogP contribution in [0.3, 0.4) is 0 Å². The summed E-state index contributed by atoms with van der Waals surface area (Å²) in [6, 6.07) is 5.91. The minimum atomic E-state index is 0.0636. The molecule has 4 saturated carbocycles. The van der Waals surface area contributed by atoms with E-state index in [0.717, 1.165) is 40.0 Å². The molecule has 1 unspecified atom stereocenters. The Morgan fingerprint density at radius 1 is 1.10 bits per heavy atom. The molecule has 21 heavy (non-hydrogen) atoms. The van der Waals surface area contributed by atoms with E-state index in [0.29, 0.717) is 5.92 Å². The molecule has 4 aliphatic rings. The lowest BCUT2D eigenvalue weighted by Gasteiger charge is -2.56. The van der Waals surface area contributed by atoms with Gasteiger partial charge in [0.05, 0.1) is 7.11 Å². The highest BCUT2D eigenvalue weighted by Crippen LogP contribution is 2.59. The van der Waals surface area contributed by atoms with E-state index in [4.69, 9.17) is 22.1 Å². The van der Waals surface area contributed by atoms with Gasteiger partial charge in [-0.15, -0.1) is 0 Å². The minimum absolute atomic E-state index is 0.0636. The van der Waals surface area contributed by atoms with Crippen molar-refractivity contribution in [1.82, 2.24) is 0 Å². The van der Waals surface area contributed by atoms with E-state index in [9.17, 15) is 0 Å². The first kappa shape index (κ1) is 13.9. The molecule has 2 N–H and O–H groups in total. The smallest absolute Gasteiger partial charge is 0.123 e. The second-order valence-corrected chi connectivity index (χ2v) is 7.86. The molecule has 1 atom stereocenters. The summed E-state index contributed by atoms with van der Waals surface area (Å²) >= 11 is 6.20. The van der Waals surface area contributed by atoms with Gasteiger partial charge in [-0.3, -0.25) is 0 Å². The molecular weight excluding hydrogens is 282 g/mol. The largest absolute Gasteiger partial charge is 0.496 e. The third-order valence-corrected chi connectivity index (χ3v) is 6.50. The van der Waals surface area contributed by atoms with Crippen LogP contribution in [-0.2, 0) is 0 Å². The Morgan fingerprint density at radius 2 is 1.71 bits per heavy atom. The predicted molar refractivity (Wildman–Crippen MR) is 85.5 cm³/mol. The molecule has 0 aromatic heterocycles. The van der Waals surface area contributed by atoms with Gasteiger partial charge in [-0.2, -0.15) is 0 Å². The highest BCUT2D eigenvalue weighted by atomic mass is 35.5. The van der Waals surface area contributed by atoms with Gasteiger partial charge in [0.15, 0.2) is 0 Å². The number of benzene rings is 1. The van der Waals surface area contributed by atoms with Crippen LogP contribution in [0.15, 0.2) is 18.2 Å². The Labute approximate surface area is 132 Å². The maximum atomic E-state index is 6.73. The Kier molecular flexibility index (Phi) is 3.42. The summed E-state index contributed by atoms with van der Waals surface area (Å²) < 4.78 is 5.53. The Bertz CT molecular complexity index is 516. The molecule has 4 bridgehead atoms. The summed E-state index contributed by atoms with van der Waals surface area (Å²) in [7, 11) is 1.72. The van der Waals surface area contributed by atoms with E-state index in [1.54, 1.807) is 7.11 Å². The van der Waals surface area contributed by atoms with Crippen LogP contribution in [0, 0.1) is 29.6 Å². The average Bonchev–Trinajstić information content (AvgIpc) is 2.46. The average molecular weight is 306 g/mol. The number of hydrogen-bond donors (Lipinski definition) is 1. The van der Waals surface area contributed by atoms with Crippen molar-refractivity contribution in [2.75, 3.05) is 7.11 Å². The lowest BCUT2D eigenvalue weighted by Crippen LogP contribution is -2.48. The molecule has 2 nitrogen and oxygen atoms in total. The van der Waals surface area contributed by atoms with Gasteiger partial charge in [0.2, 0.25) is 0 Å². The van der Waals surface area contributed by atoms with E-state index in [-0.39, 0.29) is 6.04 Å². The Balaban J connectivity index is 1.66. The quantitative estimate of drug-likeness (QED) is 0.897. The number of nitrogens with two attached hydrogens (primary N) is 1. The molecule has 0 spiro atoms. The summed E-state index contributed by atoms with van der Waals surface area (Å²) in [5.41, 5.74) is 7.83. The fourth-order valence-corrected chi connectivity index (χ4v) is 5.91. The van der Waals surface area contributed by atoms with Crippen LogP contribution in [0.1, 0.15) is 43.7 Å². The van der Waals surface area contributed by atoms with Gasteiger partial charge in [0.1, 0.15) is 5.75 Å². The monoisotopic (exact) mass is 305 g/mol. The van der Waals surface area contributed by atoms with E-state index in [2.05, 4.69) is 0 Å². The molecule has 3 heteroatoms. The summed E-state index contributed by atoms with van der Waals surface area (Å²) in [4.78, 5) is 0. The number of rotatable bonds is 3. The van der Waals surface area contributed by atoms with Gasteiger partial charge in [0, 0.05) is 16.6 Å². The van der Waals surface area contributed by atoms with Crippen molar-refractivity contribution in [2.24, 2.45) is 35.3 Å². The van der Waals surface area contributed by atoms with Crippen molar-refractivity contribution >= 4 is 11.6 Å². The summed E-state index contributed by atoms with van der Waals surface area (Å²) in [5.74, 6) is 5.11. The number of halogens is 1. The highest BCUT2D eigenvalue weighted by molar-refractivity contribution is 6.30. The lowest BCUT2D eigenvalue weighted by atomic mass is 9.50. The Morgan fingerprint density at radius 3 is 2.29 bits per heavy atom. The maximum absolute atomic E-state index is 6.73. The van der Waals surface area contributed by atoms with Crippen molar-refractivity contribution in [3.05, 3.63) is 28.8 Å². The van der Waals surface area contributed by atoms with E-state index < -0.39 is 0 Å². The summed E-state index contributed by atoms with van der Waals surface area (Å²) in [5, 5.41) is 0.755. The van der Waals surface area contributed by atoms with Crippen LogP contribution in [0.5, 0.6) is 5.75 Å². The van der Waals surface area contributed by atoms with E-state index >= 15 is 0 Å². The fourth-order valence-electron chi connectivity index (χ4n) is 5.73. The van der Waals surface area contributed by atoms with Gasteiger partial charge < -0.3 is 10.5 Å². The molecule has 0 aliphatic heterocycles. The molecule has 1 aromatic carbocycles. The van der Waals surface area contributed by atoms with Gasteiger partial charge in [0.25, 0.3) is 0 Å². The van der Waals surface area contributed by atoms with Crippen LogP contribution in [0.2, 0.25) is 5.02 Å². The number of methoxy groups -OCH3 is 1. The van der Waals surface area contributed by atoms with Crippen molar-refractivity contribution in [3.63, 3.8) is 0 Å². The standard InChI is InChI=1S/C18H24ClNO/c1-21-16-3-2-14(19)9-15(16)18(20)17-12-5-10-4-11(7-12)8-13(17)6-10/h2-3,9-13,17-18H,4-8,20H2,1H3. The first-order chi connectivity index (χ1) is 10.2. The zero-order valence-electron chi connectivity index (χ0n) is 12.6. The molecule has 4 aliphatic carbocycles. The van der Waals surface area contributed by atoms with Crippen molar-refractivity contribution in [1.29, 1.82) is 0 Å². The molecule has 0 saturated heterocycles. The highest BCUT2D eigenvalue weighted by Gasteiger charge is 2.50. The van der Waals surface area contributed by atoms with E-state index in [1.165, 1.54) is 32.1 Å². The number of hydrogen-bond acceptors (Lipinski definition) is 2. The second kappa shape index (κ2) is 5.17.